The van der Waals surface area contributed by atoms with Gasteiger partial charge in [-0.2, -0.15) is 0 Å². The van der Waals surface area contributed by atoms with Crippen LogP contribution in [0.4, 0.5) is 0 Å². The van der Waals surface area contributed by atoms with E-state index >= 15 is 0 Å². The minimum absolute atomic E-state index is 0.114. The van der Waals surface area contributed by atoms with Crippen molar-refractivity contribution in [3.05, 3.63) is 0 Å². The van der Waals surface area contributed by atoms with Crippen LogP contribution in [0.25, 0.3) is 0 Å². The van der Waals surface area contributed by atoms with Crippen LogP contribution in [0, 0.1) is 0 Å². The molecule has 0 aliphatic rings. The van der Waals surface area contributed by atoms with Crippen LogP contribution in [0.15, 0.2) is 0 Å². The molecule has 4 nitrogen and oxygen atoms in total. The largest absolute Gasteiger partial charge is 0.466 e. The first-order valence-corrected chi connectivity index (χ1v) is 6.53. The molecule has 0 N–H and O–H groups in total. The molecule has 0 heterocycles. The van der Waals surface area contributed by atoms with Gasteiger partial charge in [0.1, 0.15) is 0 Å². The van der Waals surface area contributed by atoms with Crippen LogP contribution < -0.4 is 0 Å². The maximum Gasteiger partial charge on any atom is 0.305 e. The van der Waals surface area contributed by atoms with Crippen LogP contribution in [0.1, 0.15) is 45.4 Å². The van der Waals surface area contributed by atoms with Crippen molar-refractivity contribution < 1.29 is 19.0 Å². The molecule has 0 amide bonds. The zero-order valence-corrected chi connectivity index (χ0v) is 11.2. The molecule has 0 unspecified atom stereocenters. The molecule has 0 aliphatic carbocycles. The van der Waals surface area contributed by atoms with Crippen LogP contribution in [0.2, 0.25) is 0 Å². The highest BCUT2D eigenvalue weighted by molar-refractivity contribution is 5.69. The molecular formula is C13H26O4. The number of rotatable bonds is 12. The summed E-state index contributed by atoms with van der Waals surface area (Å²) in [6.07, 6.45) is 5.70. The third-order valence-corrected chi connectivity index (χ3v) is 2.36. The van der Waals surface area contributed by atoms with E-state index in [0.29, 0.717) is 32.8 Å². The van der Waals surface area contributed by atoms with Gasteiger partial charge in [0.05, 0.1) is 19.8 Å². The van der Waals surface area contributed by atoms with Crippen LogP contribution in [0.3, 0.4) is 0 Å². The molecule has 0 fully saturated rings. The first-order valence-electron chi connectivity index (χ1n) is 6.53. The number of ether oxygens (including phenoxy) is 3. The van der Waals surface area contributed by atoms with Gasteiger partial charge in [-0.05, 0) is 12.8 Å². The van der Waals surface area contributed by atoms with Crippen LogP contribution in [-0.4, -0.2) is 39.5 Å². The number of carbonyl (C=O) groups is 1. The Morgan fingerprint density at radius 3 is 2.47 bits per heavy atom. The average molecular weight is 246 g/mol. The molecule has 0 atom stereocenters. The monoisotopic (exact) mass is 246 g/mol. The number of unbranched alkanes of at least 4 members (excludes halogenated alkanes) is 3. The zero-order valence-electron chi connectivity index (χ0n) is 11.2. The second-order valence-corrected chi connectivity index (χ2v) is 3.99. The van der Waals surface area contributed by atoms with E-state index in [1.54, 1.807) is 7.11 Å². The van der Waals surface area contributed by atoms with E-state index in [1.807, 2.05) is 0 Å². The van der Waals surface area contributed by atoms with Crippen molar-refractivity contribution >= 4 is 5.97 Å². The topological polar surface area (TPSA) is 44.8 Å². The van der Waals surface area contributed by atoms with Crippen molar-refractivity contribution in [2.75, 3.05) is 33.5 Å². The number of hydrogen-bond donors (Lipinski definition) is 0. The third-order valence-electron chi connectivity index (χ3n) is 2.36. The minimum Gasteiger partial charge on any atom is -0.466 e. The van der Waals surface area contributed by atoms with E-state index < -0.39 is 0 Å². The van der Waals surface area contributed by atoms with Gasteiger partial charge in [0.15, 0.2) is 0 Å². The quantitative estimate of drug-likeness (QED) is 0.392. The molecule has 0 radical (unpaired) electrons. The van der Waals surface area contributed by atoms with Gasteiger partial charge in [0.2, 0.25) is 0 Å². The first-order chi connectivity index (χ1) is 8.31. The van der Waals surface area contributed by atoms with Gasteiger partial charge in [-0.25, -0.2) is 0 Å². The van der Waals surface area contributed by atoms with E-state index in [0.717, 1.165) is 19.3 Å². The smallest absolute Gasteiger partial charge is 0.305 e. The lowest BCUT2D eigenvalue weighted by atomic mass is 10.2. The fourth-order valence-electron chi connectivity index (χ4n) is 1.35. The van der Waals surface area contributed by atoms with E-state index in [1.165, 1.54) is 12.8 Å². The van der Waals surface area contributed by atoms with Gasteiger partial charge < -0.3 is 14.2 Å². The van der Waals surface area contributed by atoms with Gasteiger partial charge in [-0.3, -0.25) is 4.79 Å². The highest BCUT2D eigenvalue weighted by Gasteiger charge is 2.02. The van der Waals surface area contributed by atoms with Crippen molar-refractivity contribution in [2.24, 2.45) is 0 Å². The Morgan fingerprint density at radius 1 is 0.941 bits per heavy atom. The first kappa shape index (κ1) is 16.4. The number of methoxy groups -OCH3 is 1. The van der Waals surface area contributed by atoms with Crippen molar-refractivity contribution in [2.45, 2.75) is 45.4 Å². The molecule has 0 aromatic carbocycles. The van der Waals surface area contributed by atoms with Crippen molar-refractivity contribution in [1.29, 1.82) is 0 Å². The Bertz CT molecular complexity index is 171. The normalized spacial score (nSPS) is 10.5. The third kappa shape index (κ3) is 13.3. The molecular weight excluding hydrogens is 220 g/mol. The lowest BCUT2D eigenvalue weighted by Gasteiger charge is -2.05. The summed E-state index contributed by atoms with van der Waals surface area (Å²) >= 11 is 0. The predicted molar refractivity (Wildman–Crippen MR) is 67.0 cm³/mol. The summed E-state index contributed by atoms with van der Waals surface area (Å²) < 4.78 is 15.2. The van der Waals surface area contributed by atoms with Crippen LogP contribution in [-0.2, 0) is 19.0 Å². The van der Waals surface area contributed by atoms with Crippen molar-refractivity contribution in [3.8, 4) is 0 Å². The van der Waals surface area contributed by atoms with Gasteiger partial charge in [-0.15, -0.1) is 0 Å². The van der Waals surface area contributed by atoms with Crippen LogP contribution >= 0.6 is 0 Å². The van der Waals surface area contributed by atoms with E-state index in [9.17, 15) is 4.79 Å². The molecule has 0 spiro atoms. The second kappa shape index (κ2) is 13.5. The summed E-state index contributed by atoms with van der Waals surface area (Å²) in [5.41, 5.74) is 0. The van der Waals surface area contributed by atoms with Crippen LogP contribution in [0.5, 0.6) is 0 Å². The molecule has 0 saturated carbocycles. The Morgan fingerprint density at radius 2 is 1.76 bits per heavy atom. The van der Waals surface area contributed by atoms with Gasteiger partial charge >= 0.3 is 5.97 Å². The lowest BCUT2D eigenvalue weighted by molar-refractivity contribution is -0.144. The van der Waals surface area contributed by atoms with E-state index in [4.69, 9.17) is 14.2 Å². The summed E-state index contributed by atoms with van der Waals surface area (Å²) in [5, 5.41) is 0. The molecule has 0 rings (SSSR count). The molecule has 102 valence electrons. The predicted octanol–water partition coefficient (Wildman–Crippen LogP) is 2.55. The number of hydrogen-bond acceptors (Lipinski definition) is 4. The summed E-state index contributed by atoms with van der Waals surface area (Å²) in [4.78, 5) is 11.3. The van der Waals surface area contributed by atoms with Gasteiger partial charge in [-0.1, -0.05) is 26.2 Å². The molecule has 0 aliphatic heterocycles. The number of esters is 1. The summed E-state index contributed by atoms with van der Waals surface area (Å²) in [7, 11) is 1.64. The standard InChI is InChI=1S/C13H26O4/c1-3-4-5-6-10-17-13(14)8-7-9-16-12-11-15-2/h3-12H2,1-2H3. The Hall–Kier alpha value is -0.610. The van der Waals surface area contributed by atoms with Gasteiger partial charge in [0, 0.05) is 20.1 Å². The SMILES string of the molecule is CCCCCCOC(=O)CCCOCCOC. The lowest BCUT2D eigenvalue weighted by Crippen LogP contribution is -2.08. The zero-order chi connectivity index (χ0) is 12.8. The highest BCUT2D eigenvalue weighted by Crippen LogP contribution is 2.00. The highest BCUT2D eigenvalue weighted by atomic mass is 16.5. The van der Waals surface area contributed by atoms with Crippen molar-refractivity contribution in [3.63, 3.8) is 0 Å². The van der Waals surface area contributed by atoms with Crippen molar-refractivity contribution in [1.82, 2.24) is 0 Å². The van der Waals surface area contributed by atoms with Gasteiger partial charge in [0.25, 0.3) is 0 Å². The fourth-order valence-corrected chi connectivity index (χ4v) is 1.35. The summed E-state index contributed by atoms with van der Waals surface area (Å²) in [6, 6.07) is 0. The summed E-state index contributed by atoms with van der Waals surface area (Å²) in [5.74, 6) is -0.114. The van der Waals surface area contributed by atoms with E-state index in [2.05, 4.69) is 6.92 Å². The molecule has 17 heavy (non-hydrogen) atoms. The molecule has 0 saturated heterocycles. The maximum atomic E-state index is 11.3. The Kier molecular flexibility index (Phi) is 13.0. The molecule has 0 aromatic heterocycles. The fraction of sp³-hybridized carbons (Fsp3) is 0.923. The summed E-state index contributed by atoms with van der Waals surface area (Å²) in [6.45, 7) is 4.50. The Labute approximate surface area is 105 Å². The minimum atomic E-state index is -0.114. The molecule has 4 heteroatoms. The average Bonchev–Trinajstić information content (AvgIpc) is 2.33. The second-order valence-electron chi connectivity index (χ2n) is 3.99. The number of carbonyl (C=O) groups excluding carboxylic acids is 1. The molecule has 0 bridgehead atoms. The molecule has 0 aromatic rings. The van der Waals surface area contributed by atoms with E-state index in [-0.39, 0.29) is 5.97 Å². The Balaban J connectivity index is 3.12. The maximum absolute atomic E-state index is 11.3.